The summed E-state index contributed by atoms with van der Waals surface area (Å²) in [7, 11) is 0. The lowest BCUT2D eigenvalue weighted by molar-refractivity contribution is -0.149. The molecule has 170 valence electrons. The Balaban J connectivity index is 1.54. The number of pyridine rings is 1. The van der Waals surface area contributed by atoms with Crippen LogP contribution in [0.1, 0.15) is 49.8 Å². The zero-order valence-electron chi connectivity index (χ0n) is 18.8. The molecule has 0 amide bonds. The number of fused-ring (bicyclic) bond motifs is 1. The van der Waals surface area contributed by atoms with Gasteiger partial charge in [-0.1, -0.05) is 36.4 Å². The van der Waals surface area contributed by atoms with Gasteiger partial charge >= 0.3 is 5.97 Å². The van der Waals surface area contributed by atoms with Crippen molar-refractivity contribution in [2.75, 3.05) is 5.73 Å². The largest absolute Gasteiger partial charge is 0.481 e. The number of carboxylic acid groups (broad SMARTS) is 1. The second kappa shape index (κ2) is 8.27. The molecule has 0 atom stereocenters. The normalized spacial score (nSPS) is 20.2. The quantitative estimate of drug-likeness (QED) is 0.460. The predicted molar refractivity (Wildman–Crippen MR) is 128 cm³/mol. The SMILES string of the molecule is C[C@]1(C(=O)O)CC[C@H](c2nc3c(-c4ccc(-c5ccccc5)nc4)cnn3c(N)c2C#N)CC1. The number of nitriles is 1. The van der Waals surface area contributed by atoms with Crippen molar-refractivity contribution >= 4 is 17.4 Å². The van der Waals surface area contributed by atoms with Crippen molar-refractivity contribution in [3.63, 3.8) is 0 Å². The van der Waals surface area contributed by atoms with E-state index >= 15 is 0 Å². The van der Waals surface area contributed by atoms with Gasteiger partial charge in [0, 0.05) is 28.8 Å². The predicted octanol–water partition coefficient (Wildman–Crippen LogP) is 4.66. The van der Waals surface area contributed by atoms with Crippen LogP contribution < -0.4 is 5.73 Å². The summed E-state index contributed by atoms with van der Waals surface area (Å²) in [5, 5.41) is 23.8. The second-order valence-corrected chi connectivity index (χ2v) is 9.10. The summed E-state index contributed by atoms with van der Waals surface area (Å²) in [6.45, 7) is 1.78. The van der Waals surface area contributed by atoms with Crippen LogP contribution in [0.4, 0.5) is 5.82 Å². The lowest BCUT2D eigenvalue weighted by Gasteiger charge is -2.34. The van der Waals surface area contributed by atoms with Crippen molar-refractivity contribution in [2.24, 2.45) is 5.41 Å². The zero-order valence-corrected chi connectivity index (χ0v) is 18.8. The molecule has 5 rings (SSSR count). The summed E-state index contributed by atoms with van der Waals surface area (Å²) in [6, 6.07) is 16.1. The van der Waals surface area contributed by atoms with Crippen molar-refractivity contribution < 1.29 is 9.90 Å². The molecule has 3 aromatic heterocycles. The molecule has 0 saturated heterocycles. The lowest BCUT2D eigenvalue weighted by atomic mass is 9.70. The van der Waals surface area contributed by atoms with Gasteiger partial charge in [-0.15, -0.1) is 0 Å². The highest BCUT2D eigenvalue weighted by Gasteiger charge is 2.39. The molecule has 0 radical (unpaired) electrons. The van der Waals surface area contributed by atoms with Gasteiger partial charge in [0.1, 0.15) is 17.5 Å². The number of nitrogens with two attached hydrogens (primary N) is 1. The Morgan fingerprint density at radius 2 is 1.88 bits per heavy atom. The minimum absolute atomic E-state index is 0.0318. The highest BCUT2D eigenvalue weighted by molar-refractivity contribution is 5.79. The first-order valence-corrected chi connectivity index (χ1v) is 11.2. The Morgan fingerprint density at radius 3 is 2.50 bits per heavy atom. The van der Waals surface area contributed by atoms with Gasteiger partial charge < -0.3 is 10.8 Å². The van der Waals surface area contributed by atoms with E-state index < -0.39 is 11.4 Å². The van der Waals surface area contributed by atoms with E-state index in [0.717, 1.165) is 22.4 Å². The van der Waals surface area contributed by atoms with Crippen molar-refractivity contribution in [1.29, 1.82) is 5.26 Å². The molecule has 0 bridgehead atoms. The maximum atomic E-state index is 11.6. The Morgan fingerprint density at radius 1 is 1.15 bits per heavy atom. The van der Waals surface area contributed by atoms with Crippen LogP contribution in [-0.4, -0.2) is 30.7 Å². The number of benzene rings is 1. The van der Waals surface area contributed by atoms with E-state index in [4.69, 9.17) is 10.7 Å². The van der Waals surface area contributed by atoms with Crippen LogP contribution in [0.5, 0.6) is 0 Å². The van der Waals surface area contributed by atoms with Gasteiger partial charge in [0.05, 0.1) is 23.0 Å². The van der Waals surface area contributed by atoms with Crippen LogP contribution in [0.25, 0.3) is 28.0 Å². The fourth-order valence-corrected chi connectivity index (χ4v) is 4.72. The summed E-state index contributed by atoms with van der Waals surface area (Å²) in [4.78, 5) is 21.1. The standard InChI is InChI=1S/C26H24N6O2/c1-26(25(33)34)11-9-17(10-12-26)22-19(13-27)23(28)32-24(31-22)20(15-30-32)18-7-8-21(29-14-18)16-5-3-2-4-6-16/h2-8,14-15,17H,9-12,28H2,1H3,(H,33,34)/t17-,26-. The molecule has 1 saturated carbocycles. The first-order chi connectivity index (χ1) is 16.4. The number of aromatic nitrogens is 4. The first kappa shape index (κ1) is 21.6. The molecule has 8 heteroatoms. The van der Waals surface area contributed by atoms with Gasteiger partial charge in [-0.05, 0) is 38.7 Å². The van der Waals surface area contributed by atoms with Crippen LogP contribution in [0.15, 0.2) is 54.9 Å². The number of nitrogens with zero attached hydrogens (tertiary/aromatic N) is 5. The van der Waals surface area contributed by atoms with Crippen molar-refractivity contribution in [2.45, 2.75) is 38.5 Å². The summed E-state index contributed by atoms with van der Waals surface area (Å²) in [5.41, 5.74) is 10.6. The number of hydrogen-bond acceptors (Lipinski definition) is 6. The van der Waals surface area contributed by atoms with Gasteiger partial charge in [-0.3, -0.25) is 9.78 Å². The van der Waals surface area contributed by atoms with Gasteiger partial charge in [-0.2, -0.15) is 14.9 Å². The van der Waals surface area contributed by atoms with E-state index in [2.05, 4.69) is 16.2 Å². The van der Waals surface area contributed by atoms with E-state index in [-0.39, 0.29) is 11.7 Å². The van der Waals surface area contributed by atoms with E-state index in [9.17, 15) is 15.2 Å². The minimum Gasteiger partial charge on any atom is -0.481 e. The number of hydrogen-bond donors (Lipinski definition) is 2. The Hall–Kier alpha value is -4.25. The third kappa shape index (κ3) is 3.55. The maximum absolute atomic E-state index is 11.6. The van der Waals surface area contributed by atoms with Gasteiger partial charge in [0.15, 0.2) is 5.65 Å². The summed E-state index contributed by atoms with van der Waals surface area (Å²) >= 11 is 0. The highest BCUT2D eigenvalue weighted by atomic mass is 16.4. The van der Waals surface area contributed by atoms with Crippen molar-refractivity contribution in [3.8, 4) is 28.5 Å². The lowest BCUT2D eigenvalue weighted by Crippen LogP contribution is -2.32. The summed E-state index contributed by atoms with van der Waals surface area (Å²) < 4.78 is 1.49. The maximum Gasteiger partial charge on any atom is 0.309 e. The third-order valence-corrected chi connectivity index (χ3v) is 6.96. The molecule has 3 heterocycles. The number of anilines is 1. The zero-order chi connectivity index (χ0) is 23.9. The third-order valence-electron chi connectivity index (χ3n) is 6.96. The Labute approximate surface area is 196 Å². The number of aliphatic carboxylic acids is 1. The second-order valence-electron chi connectivity index (χ2n) is 9.10. The molecule has 1 aromatic carbocycles. The molecular weight excluding hydrogens is 428 g/mol. The van der Waals surface area contributed by atoms with E-state index in [1.54, 1.807) is 19.3 Å². The fourth-order valence-electron chi connectivity index (χ4n) is 4.72. The Bertz CT molecular complexity index is 1410. The monoisotopic (exact) mass is 452 g/mol. The van der Waals surface area contributed by atoms with Gasteiger partial charge in [-0.25, -0.2) is 4.98 Å². The molecular formula is C26H24N6O2. The van der Waals surface area contributed by atoms with Gasteiger partial charge in [0.2, 0.25) is 0 Å². The molecule has 0 spiro atoms. The molecule has 1 aliphatic rings. The number of carbonyl (C=O) groups is 1. The molecule has 4 aromatic rings. The number of rotatable bonds is 4. The van der Waals surface area contributed by atoms with E-state index in [1.165, 1.54) is 4.52 Å². The van der Waals surface area contributed by atoms with E-state index in [0.29, 0.717) is 42.6 Å². The molecule has 34 heavy (non-hydrogen) atoms. The van der Waals surface area contributed by atoms with Crippen LogP contribution in [0.3, 0.4) is 0 Å². The van der Waals surface area contributed by atoms with Crippen LogP contribution in [-0.2, 0) is 4.79 Å². The van der Waals surface area contributed by atoms with Crippen LogP contribution >= 0.6 is 0 Å². The average molecular weight is 453 g/mol. The molecule has 1 fully saturated rings. The molecule has 3 N–H and O–H groups in total. The van der Waals surface area contributed by atoms with Crippen molar-refractivity contribution in [1.82, 2.24) is 19.6 Å². The molecule has 0 aliphatic heterocycles. The molecule has 1 aliphatic carbocycles. The summed E-state index contributed by atoms with van der Waals surface area (Å²) in [6.07, 6.45) is 5.80. The number of nitrogen functional groups attached to an aromatic ring is 1. The Kier molecular flexibility index (Phi) is 5.25. The van der Waals surface area contributed by atoms with Crippen LogP contribution in [0, 0.1) is 16.7 Å². The highest BCUT2D eigenvalue weighted by Crippen LogP contribution is 2.44. The fraction of sp³-hybridized carbons (Fsp3) is 0.269. The topological polar surface area (TPSA) is 130 Å². The van der Waals surface area contributed by atoms with Crippen molar-refractivity contribution in [3.05, 3.63) is 66.1 Å². The van der Waals surface area contributed by atoms with Gasteiger partial charge in [0.25, 0.3) is 0 Å². The summed E-state index contributed by atoms with van der Waals surface area (Å²) in [5.74, 6) is -0.566. The van der Waals surface area contributed by atoms with Crippen LogP contribution in [0.2, 0.25) is 0 Å². The molecule has 0 unspecified atom stereocenters. The number of carboxylic acids is 1. The van der Waals surface area contributed by atoms with E-state index in [1.807, 2.05) is 42.5 Å². The molecule has 8 nitrogen and oxygen atoms in total. The first-order valence-electron chi connectivity index (χ1n) is 11.2. The minimum atomic E-state index is -0.779. The average Bonchev–Trinajstić information content (AvgIpc) is 3.29. The smallest absolute Gasteiger partial charge is 0.309 e.